The van der Waals surface area contributed by atoms with Gasteiger partial charge in [0.15, 0.2) is 0 Å². The van der Waals surface area contributed by atoms with Gasteiger partial charge < -0.3 is 15.3 Å². The van der Waals surface area contributed by atoms with Crippen molar-refractivity contribution < 1.29 is 5.11 Å². The lowest BCUT2D eigenvalue weighted by atomic mass is 9.94. The van der Waals surface area contributed by atoms with Crippen LogP contribution in [0.25, 0.3) is 0 Å². The largest absolute Gasteiger partial charge is 0.388 e. The highest BCUT2D eigenvalue weighted by atomic mass is 16.3. The van der Waals surface area contributed by atoms with E-state index in [-0.39, 0.29) is 0 Å². The Labute approximate surface area is 99.5 Å². The molecule has 0 amide bonds. The van der Waals surface area contributed by atoms with E-state index in [1.807, 2.05) is 25.9 Å². The van der Waals surface area contributed by atoms with E-state index in [1.165, 1.54) is 19.3 Å². The summed E-state index contributed by atoms with van der Waals surface area (Å²) in [7, 11) is 3.97. The van der Waals surface area contributed by atoms with Crippen LogP contribution in [0.4, 0.5) is 0 Å². The second kappa shape index (κ2) is 6.38. The minimum Gasteiger partial charge on any atom is -0.388 e. The highest BCUT2D eigenvalue weighted by molar-refractivity contribution is 4.91. The van der Waals surface area contributed by atoms with Gasteiger partial charge in [0.05, 0.1) is 5.60 Å². The van der Waals surface area contributed by atoms with Gasteiger partial charge in [-0.15, -0.1) is 0 Å². The number of nitrogens with zero attached hydrogens (tertiary/aromatic N) is 1. The van der Waals surface area contributed by atoms with Gasteiger partial charge in [-0.05, 0) is 52.7 Å². The van der Waals surface area contributed by atoms with Crippen molar-refractivity contribution in [2.75, 3.05) is 33.7 Å². The van der Waals surface area contributed by atoms with Crippen LogP contribution < -0.4 is 5.32 Å². The van der Waals surface area contributed by atoms with Gasteiger partial charge in [-0.1, -0.05) is 12.2 Å². The summed E-state index contributed by atoms with van der Waals surface area (Å²) in [6.07, 6.45) is 8.20. The summed E-state index contributed by atoms with van der Waals surface area (Å²) in [5.74, 6) is 0.750. The van der Waals surface area contributed by atoms with Crippen LogP contribution in [0.5, 0.6) is 0 Å². The molecule has 1 aliphatic rings. The summed E-state index contributed by atoms with van der Waals surface area (Å²) in [4.78, 5) is 2.02. The third-order valence-electron chi connectivity index (χ3n) is 2.97. The molecule has 2 atom stereocenters. The monoisotopic (exact) mass is 226 g/mol. The molecule has 0 aromatic rings. The van der Waals surface area contributed by atoms with E-state index in [4.69, 9.17) is 0 Å². The lowest BCUT2D eigenvalue weighted by molar-refractivity contribution is 0.0330. The molecule has 0 bridgehead atoms. The Bertz CT molecular complexity index is 224. The average Bonchev–Trinajstić information content (AvgIpc) is 2.16. The molecule has 94 valence electrons. The third-order valence-corrected chi connectivity index (χ3v) is 2.97. The molecule has 0 saturated heterocycles. The topological polar surface area (TPSA) is 35.5 Å². The van der Waals surface area contributed by atoms with E-state index in [0.717, 1.165) is 12.5 Å². The molecule has 1 rings (SSSR count). The molecule has 0 aliphatic heterocycles. The Balaban J connectivity index is 2.16. The number of allylic oxidation sites excluding steroid dienone is 2. The first-order valence-electron chi connectivity index (χ1n) is 6.22. The fourth-order valence-electron chi connectivity index (χ4n) is 2.32. The van der Waals surface area contributed by atoms with E-state index in [9.17, 15) is 5.11 Å². The fraction of sp³-hybridized carbons (Fsp3) is 0.846. The first-order chi connectivity index (χ1) is 7.49. The van der Waals surface area contributed by atoms with Crippen LogP contribution in [0.3, 0.4) is 0 Å². The number of hydrogen-bond donors (Lipinski definition) is 2. The maximum absolute atomic E-state index is 10.1. The normalized spacial score (nSPS) is 24.7. The smallest absolute Gasteiger partial charge is 0.0869 e. The van der Waals surface area contributed by atoms with E-state index in [2.05, 4.69) is 17.5 Å². The summed E-state index contributed by atoms with van der Waals surface area (Å²) >= 11 is 0. The number of nitrogens with one attached hydrogen (secondary N) is 1. The van der Waals surface area contributed by atoms with Gasteiger partial charge in [0, 0.05) is 13.1 Å². The lowest BCUT2D eigenvalue weighted by Crippen LogP contribution is -2.46. The minimum absolute atomic E-state index is 0.631. The highest BCUT2D eigenvalue weighted by Crippen LogP contribution is 2.17. The molecule has 0 radical (unpaired) electrons. The van der Waals surface area contributed by atoms with Gasteiger partial charge in [-0.3, -0.25) is 0 Å². The van der Waals surface area contributed by atoms with Crippen LogP contribution in [0.15, 0.2) is 12.2 Å². The molecule has 0 aromatic carbocycles. The van der Waals surface area contributed by atoms with Crippen molar-refractivity contribution in [3.8, 4) is 0 Å². The summed E-state index contributed by atoms with van der Waals surface area (Å²) in [5.41, 5.74) is -0.631. The third kappa shape index (κ3) is 5.64. The van der Waals surface area contributed by atoms with Crippen molar-refractivity contribution >= 4 is 0 Å². The molecule has 0 saturated carbocycles. The fourth-order valence-corrected chi connectivity index (χ4v) is 2.32. The molecule has 3 nitrogen and oxygen atoms in total. The number of aliphatic hydroxyl groups is 1. The highest BCUT2D eigenvalue weighted by Gasteiger charge is 2.21. The maximum atomic E-state index is 10.1. The average molecular weight is 226 g/mol. The Morgan fingerprint density at radius 3 is 2.75 bits per heavy atom. The van der Waals surface area contributed by atoms with E-state index < -0.39 is 5.60 Å². The SMILES string of the molecule is CN(C)CC(C)(O)CNCC1CC=CCC1. The maximum Gasteiger partial charge on any atom is 0.0869 e. The Kier molecular flexibility index (Phi) is 5.46. The zero-order chi connectivity index (χ0) is 12.0. The number of rotatable bonds is 6. The van der Waals surface area contributed by atoms with Crippen LogP contribution in [0, 0.1) is 5.92 Å². The van der Waals surface area contributed by atoms with E-state index >= 15 is 0 Å². The van der Waals surface area contributed by atoms with E-state index in [0.29, 0.717) is 13.1 Å². The molecule has 16 heavy (non-hydrogen) atoms. The molecule has 0 aromatic heterocycles. The van der Waals surface area contributed by atoms with Crippen molar-refractivity contribution in [2.24, 2.45) is 5.92 Å². The van der Waals surface area contributed by atoms with Crippen LogP contribution in [0.2, 0.25) is 0 Å². The molecule has 2 N–H and O–H groups in total. The second-order valence-electron chi connectivity index (χ2n) is 5.52. The molecular weight excluding hydrogens is 200 g/mol. The van der Waals surface area contributed by atoms with Crippen LogP contribution in [-0.2, 0) is 0 Å². The first-order valence-corrected chi connectivity index (χ1v) is 6.22. The molecule has 3 heteroatoms. The summed E-state index contributed by atoms with van der Waals surface area (Å²) in [5, 5.41) is 13.5. The Morgan fingerprint density at radius 1 is 1.44 bits per heavy atom. The van der Waals surface area contributed by atoms with Crippen LogP contribution >= 0.6 is 0 Å². The zero-order valence-electron chi connectivity index (χ0n) is 10.9. The summed E-state index contributed by atoms with van der Waals surface area (Å²) in [6, 6.07) is 0. The number of hydrogen-bond acceptors (Lipinski definition) is 3. The van der Waals surface area contributed by atoms with Gasteiger partial charge in [0.25, 0.3) is 0 Å². The van der Waals surface area contributed by atoms with Crippen molar-refractivity contribution in [1.82, 2.24) is 10.2 Å². The molecule has 2 unspecified atom stereocenters. The van der Waals surface area contributed by atoms with Gasteiger partial charge in [0.1, 0.15) is 0 Å². The standard InChI is InChI=1S/C13H26N2O/c1-13(16,11-15(2)3)10-14-9-12-7-5-4-6-8-12/h4-5,12,14,16H,6-11H2,1-3H3. The Hall–Kier alpha value is -0.380. The van der Waals surface area contributed by atoms with Gasteiger partial charge in [-0.25, -0.2) is 0 Å². The van der Waals surface area contributed by atoms with Crippen molar-refractivity contribution in [1.29, 1.82) is 0 Å². The molecule has 0 spiro atoms. The molecule has 0 fully saturated rings. The first kappa shape index (κ1) is 13.7. The lowest BCUT2D eigenvalue weighted by Gasteiger charge is -2.28. The van der Waals surface area contributed by atoms with Gasteiger partial charge in [0.2, 0.25) is 0 Å². The van der Waals surface area contributed by atoms with Crippen LogP contribution in [-0.4, -0.2) is 49.3 Å². The minimum atomic E-state index is -0.631. The quantitative estimate of drug-likeness (QED) is 0.669. The Morgan fingerprint density at radius 2 is 2.19 bits per heavy atom. The molecular formula is C13H26N2O. The number of likely N-dealkylation sites (N-methyl/N-ethyl adjacent to an activating group) is 1. The predicted octanol–water partition coefficient (Wildman–Crippen LogP) is 1.24. The van der Waals surface area contributed by atoms with Crippen molar-refractivity contribution in [2.45, 2.75) is 31.8 Å². The van der Waals surface area contributed by atoms with Gasteiger partial charge in [-0.2, -0.15) is 0 Å². The second-order valence-corrected chi connectivity index (χ2v) is 5.52. The van der Waals surface area contributed by atoms with E-state index in [1.54, 1.807) is 0 Å². The van der Waals surface area contributed by atoms with Crippen LogP contribution in [0.1, 0.15) is 26.2 Å². The summed E-state index contributed by atoms with van der Waals surface area (Å²) in [6.45, 7) is 4.28. The predicted molar refractivity (Wildman–Crippen MR) is 68.5 cm³/mol. The molecule has 0 heterocycles. The van der Waals surface area contributed by atoms with Crippen molar-refractivity contribution in [3.63, 3.8) is 0 Å². The van der Waals surface area contributed by atoms with Gasteiger partial charge >= 0.3 is 0 Å². The molecule has 1 aliphatic carbocycles. The summed E-state index contributed by atoms with van der Waals surface area (Å²) < 4.78 is 0. The van der Waals surface area contributed by atoms with Crippen molar-refractivity contribution in [3.05, 3.63) is 12.2 Å². The zero-order valence-corrected chi connectivity index (χ0v) is 10.9.